The Morgan fingerprint density at radius 2 is 1.10 bits per heavy atom. The number of benzene rings is 6. The third-order valence-electron chi connectivity index (χ3n) is 8.63. The average molecular weight is 511 g/mol. The van der Waals surface area contributed by atoms with Crippen molar-refractivity contribution in [3.8, 4) is 22.3 Å². The van der Waals surface area contributed by atoms with E-state index in [0.29, 0.717) is 0 Å². The molecule has 188 valence electrons. The summed E-state index contributed by atoms with van der Waals surface area (Å²) >= 11 is 0. The Balaban J connectivity index is 1.54. The lowest BCUT2D eigenvalue weighted by atomic mass is 9.66. The van der Waals surface area contributed by atoms with Crippen molar-refractivity contribution < 1.29 is 0 Å². The first-order chi connectivity index (χ1) is 19.8. The highest BCUT2D eigenvalue weighted by Gasteiger charge is 2.47. The number of hydrogen-bond acceptors (Lipinski definition) is 1. The smallest absolute Gasteiger partial charge is 0.0908 e. The van der Waals surface area contributed by atoms with E-state index >= 15 is 0 Å². The molecular weight excluding hydrogens is 484 g/mol. The van der Waals surface area contributed by atoms with E-state index in [2.05, 4.69) is 140 Å². The Labute approximate surface area is 233 Å². The summed E-state index contributed by atoms with van der Waals surface area (Å²) in [4.78, 5) is 0. The zero-order chi connectivity index (χ0) is 26.7. The van der Waals surface area contributed by atoms with Gasteiger partial charge in [0, 0.05) is 10.8 Å². The lowest BCUT2D eigenvalue weighted by Gasteiger charge is -2.34. The van der Waals surface area contributed by atoms with Gasteiger partial charge in [0.15, 0.2) is 0 Å². The SMILES string of the molecule is N=Cn1c2cc(-c3ccccc3)ccc2c2c(C3(c4ccccc4)c4ccccc4-c4ccccc43)cccc21. The number of rotatable bonds is 4. The molecule has 0 atom stereocenters. The molecular formula is C38H26N2. The second-order valence-corrected chi connectivity index (χ2v) is 10.5. The Hall–Kier alpha value is -5.21. The molecule has 7 aromatic rings. The highest BCUT2D eigenvalue weighted by Crippen LogP contribution is 2.57. The molecule has 8 rings (SSSR count). The normalized spacial score (nSPS) is 13.3. The maximum atomic E-state index is 8.46. The standard InChI is InChI=1S/C38H26N2/c39-25-40-35-21-11-20-34(37(35)31-23-22-27(24-36(31)40)26-12-3-1-4-13-26)38(28-14-5-2-6-15-28)32-18-9-7-16-29(32)30-17-8-10-19-33(30)38/h1-25,39H. The molecule has 0 aliphatic heterocycles. The van der Waals surface area contributed by atoms with Gasteiger partial charge in [-0.25, -0.2) is 0 Å². The fourth-order valence-electron chi connectivity index (χ4n) is 7.04. The summed E-state index contributed by atoms with van der Waals surface area (Å²) in [6.07, 6.45) is 1.45. The van der Waals surface area contributed by atoms with Gasteiger partial charge in [0.05, 0.1) is 22.8 Å². The Bertz CT molecular complexity index is 2020. The van der Waals surface area contributed by atoms with E-state index in [1.807, 2.05) is 10.6 Å². The molecule has 1 N–H and O–H groups in total. The van der Waals surface area contributed by atoms with Crippen molar-refractivity contribution in [2.24, 2.45) is 0 Å². The Morgan fingerprint density at radius 3 is 1.77 bits per heavy atom. The van der Waals surface area contributed by atoms with Crippen LogP contribution in [0.1, 0.15) is 22.3 Å². The second kappa shape index (κ2) is 8.65. The fraction of sp³-hybridized carbons (Fsp3) is 0.0263. The number of fused-ring (bicyclic) bond motifs is 6. The Morgan fingerprint density at radius 1 is 0.500 bits per heavy atom. The monoisotopic (exact) mass is 510 g/mol. The van der Waals surface area contributed by atoms with Gasteiger partial charge in [-0.05, 0) is 56.6 Å². The van der Waals surface area contributed by atoms with Gasteiger partial charge in [-0.2, -0.15) is 0 Å². The summed E-state index contributed by atoms with van der Waals surface area (Å²) in [5, 5.41) is 10.8. The quantitative estimate of drug-likeness (QED) is 0.181. The van der Waals surface area contributed by atoms with Gasteiger partial charge in [0.25, 0.3) is 0 Å². The van der Waals surface area contributed by atoms with Gasteiger partial charge in [-0.15, -0.1) is 0 Å². The van der Waals surface area contributed by atoms with E-state index in [9.17, 15) is 0 Å². The topological polar surface area (TPSA) is 28.8 Å². The largest absolute Gasteiger partial charge is 0.300 e. The minimum atomic E-state index is -0.493. The van der Waals surface area contributed by atoms with Gasteiger partial charge < -0.3 is 4.57 Å². The molecule has 0 saturated carbocycles. The zero-order valence-electron chi connectivity index (χ0n) is 21.9. The summed E-state index contributed by atoms with van der Waals surface area (Å²) in [7, 11) is 0. The molecule has 2 nitrogen and oxygen atoms in total. The summed E-state index contributed by atoms with van der Waals surface area (Å²) < 4.78 is 2.03. The molecule has 1 aliphatic carbocycles. The highest BCUT2D eigenvalue weighted by atomic mass is 15.0. The van der Waals surface area contributed by atoms with Gasteiger partial charge in [0.2, 0.25) is 0 Å². The van der Waals surface area contributed by atoms with Gasteiger partial charge in [-0.1, -0.05) is 133 Å². The van der Waals surface area contributed by atoms with Crippen molar-refractivity contribution in [1.82, 2.24) is 4.57 Å². The molecule has 0 fully saturated rings. The highest BCUT2D eigenvalue weighted by molar-refractivity contribution is 6.14. The average Bonchev–Trinajstić information content (AvgIpc) is 3.52. The first-order valence-corrected chi connectivity index (χ1v) is 13.7. The molecule has 1 heterocycles. The van der Waals surface area contributed by atoms with Crippen LogP contribution in [0.15, 0.2) is 146 Å². The molecule has 0 radical (unpaired) electrons. The van der Waals surface area contributed by atoms with E-state index in [1.54, 1.807) is 0 Å². The van der Waals surface area contributed by atoms with Crippen molar-refractivity contribution in [2.45, 2.75) is 5.41 Å². The summed E-state index contributed by atoms with van der Waals surface area (Å²) in [5.41, 5.74) is 11.6. The number of nitrogens with one attached hydrogen (secondary N) is 1. The van der Waals surface area contributed by atoms with E-state index in [-0.39, 0.29) is 0 Å². The summed E-state index contributed by atoms with van der Waals surface area (Å²) in [6.45, 7) is 0. The fourth-order valence-corrected chi connectivity index (χ4v) is 7.04. The molecule has 0 spiro atoms. The zero-order valence-corrected chi connectivity index (χ0v) is 21.9. The van der Waals surface area contributed by atoms with Crippen LogP contribution in [0.5, 0.6) is 0 Å². The van der Waals surface area contributed by atoms with Crippen molar-refractivity contribution in [2.75, 3.05) is 0 Å². The third-order valence-corrected chi connectivity index (χ3v) is 8.63. The third kappa shape index (κ3) is 2.96. The predicted octanol–water partition coefficient (Wildman–Crippen LogP) is 9.28. The van der Waals surface area contributed by atoms with Crippen LogP contribution in [0.4, 0.5) is 0 Å². The first kappa shape index (κ1) is 22.7. The molecule has 1 aromatic heterocycles. The molecule has 6 aromatic carbocycles. The van der Waals surface area contributed by atoms with Crippen LogP contribution in [0, 0.1) is 5.41 Å². The molecule has 0 amide bonds. The number of nitrogens with zero attached hydrogens (tertiary/aromatic N) is 1. The van der Waals surface area contributed by atoms with Gasteiger partial charge >= 0.3 is 0 Å². The van der Waals surface area contributed by atoms with Crippen molar-refractivity contribution >= 4 is 28.1 Å². The van der Waals surface area contributed by atoms with Crippen LogP contribution < -0.4 is 0 Å². The molecule has 0 unspecified atom stereocenters. The Kier molecular flexibility index (Phi) is 4.92. The second-order valence-electron chi connectivity index (χ2n) is 10.5. The molecule has 40 heavy (non-hydrogen) atoms. The van der Waals surface area contributed by atoms with E-state index < -0.39 is 5.41 Å². The lowest BCUT2D eigenvalue weighted by Crippen LogP contribution is -2.28. The first-order valence-electron chi connectivity index (χ1n) is 13.7. The van der Waals surface area contributed by atoms with Crippen LogP contribution in [0.2, 0.25) is 0 Å². The summed E-state index contributed by atoms with van der Waals surface area (Å²) in [5.74, 6) is 0. The molecule has 1 aliphatic rings. The van der Waals surface area contributed by atoms with Gasteiger partial charge in [-0.3, -0.25) is 5.41 Å². The minimum absolute atomic E-state index is 0.493. The van der Waals surface area contributed by atoms with E-state index in [1.165, 1.54) is 50.7 Å². The van der Waals surface area contributed by atoms with Crippen molar-refractivity contribution in [1.29, 1.82) is 5.41 Å². The van der Waals surface area contributed by atoms with Crippen LogP contribution >= 0.6 is 0 Å². The summed E-state index contributed by atoms with van der Waals surface area (Å²) in [6, 6.07) is 52.4. The molecule has 0 bridgehead atoms. The predicted molar refractivity (Wildman–Crippen MR) is 166 cm³/mol. The van der Waals surface area contributed by atoms with Crippen molar-refractivity contribution in [3.63, 3.8) is 0 Å². The van der Waals surface area contributed by atoms with Crippen LogP contribution in [0.3, 0.4) is 0 Å². The van der Waals surface area contributed by atoms with E-state index in [4.69, 9.17) is 5.41 Å². The van der Waals surface area contributed by atoms with Gasteiger partial charge in [0.1, 0.15) is 0 Å². The molecule has 2 heteroatoms. The van der Waals surface area contributed by atoms with Crippen LogP contribution in [-0.2, 0) is 5.41 Å². The lowest BCUT2D eigenvalue weighted by molar-refractivity contribution is 0.777. The molecule has 0 saturated heterocycles. The maximum Gasteiger partial charge on any atom is 0.0908 e. The number of hydrogen-bond donors (Lipinski definition) is 1. The van der Waals surface area contributed by atoms with E-state index in [0.717, 1.165) is 22.0 Å². The van der Waals surface area contributed by atoms with Crippen LogP contribution in [-0.4, -0.2) is 10.9 Å². The maximum absolute atomic E-state index is 8.46. The minimum Gasteiger partial charge on any atom is -0.300 e. The van der Waals surface area contributed by atoms with Crippen LogP contribution in [0.25, 0.3) is 44.1 Å². The number of aromatic nitrogens is 1. The van der Waals surface area contributed by atoms with Crippen molar-refractivity contribution in [3.05, 3.63) is 168 Å².